The lowest BCUT2D eigenvalue weighted by Crippen LogP contribution is -2.43. The van der Waals surface area contributed by atoms with Gasteiger partial charge >= 0.3 is 0 Å². The molecule has 1 aliphatic carbocycles. The number of fused-ring (bicyclic) bond motifs is 1. The lowest BCUT2D eigenvalue weighted by atomic mass is 9.85. The number of carbonyl (C=O) groups excluding carboxylic acids is 1. The predicted molar refractivity (Wildman–Crippen MR) is 85.0 cm³/mol. The SMILES string of the molecule is CCN(Cc1noc(C2CCC2)n1)C(=O)[C@@H]1NCCc2[nH]cnc21. The molecule has 4 rings (SSSR count). The van der Waals surface area contributed by atoms with Gasteiger partial charge in [-0.25, -0.2) is 4.98 Å². The summed E-state index contributed by atoms with van der Waals surface area (Å²) in [5, 5.41) is 7.31. The van der Waals surface area contributed by atoms with E-state index in [9.17, 15) is 4.79 Å². The van der Waals surface area contributed by atoms with Crippen LogP contribution in [0.15, 0.2) is 10.9 Å². The zero-order chi connectivity index (χ0) is 16.5. The van der Waals surface area contributed by atoms with Gasteiger partial charge in [0.1, 0.15) is 6.04 Å². The lowest BCUT2D eigenvalue weighted by Gasteiger charge is -2.28. The van der Waals surface area contributed by atoms with Gasteiger partial charge in [0.25, 0.3) is 0 Å². The number of likely N-dealkylation sites (N-methyl/N-ethyl adjacent to an activating group) is 1. The molecule has 0 spiro atoms. The zero-order valence-electron chi connectivity index (χ0n) is 13.8. The van der Waals surface area contributed by atoms with Crippen LogP contribution >= 0.6 is 0 Å². The maximum Gasteiger partial charge on any atom is 0.246 e. The summed E-state index contributed by atoms with van der Waals surface area (Å²) in [6.45, 7) is 3.67. The quantitative estimate of drug-likeness (QED) is 0.857. The van der Waals surface area contributed by atoms with Crippen LogP contribution in [-0.4, -0.2) is 44.0 Å². The number of imidazole rings is 1. The molecule has 2 aromatic rings. The van der Waals surface area contributed by atoms with Gasteiger partial charge in [-0.2, -0.15) is 4.98 Å². The second-order valence-corrected chi connectivity index (χ2v) is 6.43. The molecule has 0 aromatic carbocycles. The Bertz CT molecular complexity index is 720. The second-order valence-electron chi connectivity index (χ2n) is 6.43. The van der Waals surface area contributed by atoms with E-state index in [1.165, 1.54) is 6.42 Å². The Kier molecular flexibility index (Phi) is 4.05. The van der Waals surface area contributed by atoms with Crippen molar-refractivity contribution in [2.24, 2.45) is 0 Å². The molecule has 1 amide bonds. The Labute approximate surface area is 140 Å². The Morgan fingerprint density at radius 2 is 2.33 bits per heavy atom. The van der Waals surface area contributed by atoms with Crippen LogP contribution in [0.5, 0.6) is 0 Å². The molecule has 0 radical (unpaired) electrons. The van der Waals surface area contributed by atoms with Crippen molar-refractivity contribution in [1.82, 2.24) is 30.3 Å². The fourth-order valence-corrected chi connectivity index (χ4v) is 3.27. The predicted octanol–water partition coefficient (Wildman–Crippen LogP) is 1.30. The molecule has 0 bridgehead atoms. The topological polar surface area (TPSA) is 99.9 Å². The first kappa shape index (κ1) is 15.3. The van der Waals surface area contributed by atoms with E-state index in [0.717, 1.165) is 37.2 Å². The summed E-state index contributed by atoms with van der Waals surface area (Å²) in [6.07, 6.45) is 5.97. The van der Waals surface area contributed by atoms with Crippen molar-refractivity contribution < 1.29 is 9.32 Å². The Balaban J connectivity index is 1.47. The summed E-state index contributed by atoms with van der Waals surface area (Å²) >= 11 is 0. The first-order valence-corrected chi connectivity index (χ1v) is 8.63. The number of aromatic amines is 1. The van der Waals surface area contributed by atoms with Gasteiger partial charge in [-0.1, -0.05) is 11.6 Å². The molecule has 0 saturated heterocycles. The molecule has 8 nitrogen and oxygen atoms in total. The minimum Gasteiger partial charge on any atom is -0.348 e. The number of amides is 1. The Hall–Kier alpha value is -2.22. The monoisotopic (exact) mass is 330 g/mol. The van der Waals surface area contributed by atoms with Crippen LogP contribution in [0, 0.1) is 0 Å². The van der Waals surface area contributed by atoms with E-state index >= 15 is 0 Å². The van der Waals surface area contributed by atoms with Crippen molar-refractivity contribution in [1.29, 1.82) is 0 Å². The van der Waals surface area contributed by atoms with E-state index in [1.54, 1.807) is 11.2 Å². The van der Waals surface area contributed by atoms with Gasteiger partial charge in [0.2, 0.25) is 11.8 Å². The van der Waals surface area contributed by atoms with Crippen LogP contribution in [0.25, 0.3) is 0 Å². The van der Waals surface area contributed by atoms with Gasteiger partial charge < -0.3 is 19.7 Å². The molecule has 1 aliphatic heterocycles. The highest BCUT2D eigenvalue weighted by Crippen LogP contribution is 2.35. The average molecular weight is 330 g/mol. The molecular formula is C16H22N6O2. The van der Waals surface area contributed by atoms with Gasteiger partial charge in [-0.3, -0.25) is 4.79 Å². The van der Waals surface area contributed by atoms with E-state index in [1.807, 2.05) is 6.92 Å². The van der Waals surface area contributed by atoms with Gasteiger partial charge in [-0.15, -0.1) is 0 Å². The minimum atomic E-state index is -0.405. The average Bonchev–Trinajstić information content (AvgIpc) is 3.19. The highest BCUT2D eigenvalue weighted by Gasteiger charge is 2.32. The molecule has 2 N–H and O–H groups in total. The van der Waals surface area contributed by atoms with E-state index in [-0.39, 0.29) is 5.91 Å². The lowest BCUT2D eigenvalue weighted by molar-refractivity contribution is -0.134. The first-order chi connectivity index (χ1) is 11.8. The molecule has 1 saturated carbocycles. The van der Waals surface area contributed by atoms with Crippen LogP contribution in [-0.2, 0) is 17.8 Å². The van der Waals surface area contributed by atoms with E-state index in [2.05, 4.69) is 25.4 Å². The number of rotatable bonds is 5. The maximum atomic E-state index is 12.9. The maximum absolute atomic E-state index is 12.9. The molecule has 2 aliphatic rings. The van der Waals surface area contributed by atoms with Crippen molar-refractivity contribution in [3.63, 3.8) is 0 Å². The molecule has 24 heavy (non-hydrogen) atoms. The molecule has 3 heterocycles. The van der Waals surface area contributed by atoms with Gasteiger partial charge in [0.05, 0.1) is 18.6 Å². The third kappa shape index (κ3) is 2.71. The molecule has 0 unspecified atom stereocenters. The molecule has 2 aromatic heterocycles. The van der Waals surface area contributed by atoms with Crippen molar-refractivity contribution >= 4 is 5.91 Å². The number of hydrogen-bond donors (Lipinski definition) is 2. The highest BCUT2D eigenvalue weighted by molar-refractivity contribution is 5.83. The van der Waals surface area contributed by atoms with Crippen LogP contribution in [0.3, 0.4) is 0 Å². The van der Waals surface area contributed by atoms with Gasteiger partial charge in [-0.05, 0) is 19.8 Å². The van der Waals surface area contributed by atoms with E-state index in [0.29, 0.717) is 30.7 Å². The smallest absolute Gasteiger partial charge is 0.246 e. The molecule has 8 heteroatoms. The van der Waals surface area contributed by atoms with Gasteiger partial charge in [0.15, 0.2) is 5.82 Å². The zero-order valence-corrected chi connectivity index (χ0v) is 13.8. The largest absolute Gasteiger partial charge is 0.348 e. The van der Waals surface area contributed by atoms with Crippen molar-refractivity contribution in [2.45, 2.75) is 51.1 Å². The van der Waals surface area contributed by atoms with Crippen molar-refractivity contribution in [3.8, 4) is 0 Å². The summed E-state index contributed by atoms with van der Waals surface area (Å²) in [7, 11) is 0. The number of nitrogens with one attached hydrogen (secondary N) is 2. The van der Waals surface area contributed by atoms with Crippen molar-refractivity contribution in [2.75, 3.05) is 13.1 Å². The van der Waals surface area contributed by atoms with Crippen molar-refractivity contribution in [3.05, 3.63) is 29.4 Å². The number of nitrogens with zero attached hydrogens (tertiary/aromatic N) is 4. The number of H-pyrrole nitrogens is 1. The second kappa shape index (κ2) is 6.35. The Morgan fingerprint density at radius 1 is 1.46 bits per heavy atom. The number of aromatic nitrogens is 4. The van der Waals surface area contributed by atoms with Crippen LogP contribution in [0.1, 0.15) is 61.2 Å². The summed E-state index contributed by atoms with van der Waals surface area (Å²) in [5.41, 5.74) is 1.84. The highest BCUT2D eigenvalue weighted by atomic mass is 16.5. The number of carbonyl (C=O) groups is 1. The van der Waals surface area contributed by atoms with E-state index in [4.69, 9.17) is 4.52 Å². The molecule has 128 valence electrons. The summed E-state index contributed by atoms with van der Waals surface area (Å²) in [4.78, 5) is 26.6. The summed E-state index contributed by atoms with van der Waals surface area (Å²) in [6, 6.07) is -0.405. The van der Waals surface area contributed by atoms with Crippen LogP contribution < -0.4 is 5.32 Å². The fraction of sp³-hybridized carbons (Fsp3) is 0.625. The van der Waals surface area contributed by atoms with Crippen LogP contribution in [0.2, 0.25) is 0 Å². The van der Waals surface area contributed by atoms with Gasteiger partial charge in [0, 0.05) is 31.1 Å². The molecule has 1 fully saturated rings. The first-order valence-electron chi connectivity index (χ1n) is 8.63. The fourth-order valence-electron chi connectivity index (χ4n) is 3.27. The number of hydrogen-bond acceptors (Lipinski definition) is 6. The third-order valence-electron chi connectivity index (χ3n) is 4.96. The minimum absolute atomic E-state index is 0.000504. The molecular weight excluding hydrogens is 308 g/mol. The van der Waals surface area contributed by atoms with E-state index < -0.39 is 6.04 Å². The Morgan fingerprint density at radius 3 is 3.08 bits per heavy atom. The summed E-state index contributed by atoms with van der Waals surface area (Å²) in [5.74, 6) is 1.69. The standard InChI is InChI=1S/C16H22N6O2/c1-2-22(8-12-20-15(24-21-12)10-4-3-5-10)16(23)14-13-11(6-7-17-14)18-9-19-13/h9-10,14,17H,2-8H2,1H3,(H,18,19)/t14-/m1/s1. The van der Waals surface area contributed by atoms with Crippen LogP contribution in [0.4, 0.5) is 0 Å². The summed E-state index contributed by atoms with van der Waals surface area (Å²) < 4.78 is 5.35. The third-order valence-corrected chi connectivity index (χ3v) is 4.96. The normalized spacial score (nSPS) is 20.5. The molecule has 1 atom stereocenters.